The van der Waals surface area contributed by atoms with Crippen LogP contribution >= 0.6 is 0 Å². The van der Waals surface area contributed by atoms with E-state index in [-0.39, 0.29) is 5.41 Å². The molecule has 1 aliphatic rings. The minimum absolute atomic E-state index is 0.148. The average Bonchev–Trinajstić information content (AvgIpc) is 3.47. The number of rotatable bonds is 5. The van der Waals surface area contributed by atoms with Gasteiger partial charge in [0.15, 0.2) is 5.82 Å². The van der Waals surface area contributed by atoms with Crippen LogP contribution in [0.25, 0.3) is 88.8 Å². The van der Waals surface area contributed by atoms with Gasteiger partial charge in [0.1, 0.15) is 0 Å². The van der Waals surface area contributed by atoms with E-state index in [0.29, 0.717) is 11.4 Å². The van der Waals surface area contributed by atoms with Crippen molar-refractivity contribution in [2.75, 3.05) is 0 Å². The second-order valence-corrected chi connectivity index (χ2v) is 15.0. The predicted octanol–water partition coefficient (Wildman–Crippen LogP) is 13.3. The first-order valence-electron chi connectivity index (χ1n) is 18.7. The highest BCUT2D eigenvalue weighted by molar-refractivity contribution is 5.99. The van der Waals surface area contributed by atoms with E-state index in [1.807, 2.05) is 42.5 Å². The Labute approximate surface area is 320 Å². The van der Waals surface area contributed by atoms with Crippen molar-refractivity contribution >= 4 is 21.5 Å². The van der Waals surface area contributed by atoms with Crippen LogP contribution in [0.15, 0.2) is 176 Å². The van der Waals surface area contributed by atoms with Gasteiger partial charge in [-0.1, -0.05) is 141 Å². The number of benzene rings is 8. The number of aromatic nitrogens is 2. The summed E-state index contributed by atoms with van der Waals surface area (Å²) >= 11 is 0. The third-order valence-corrected chi connectivity index (χ3v) is 11.3. The first kappa shape index (κ1) is 32.5. The molecule has 8 aromatic carbocycles. The molecule has 3 heteroatoms. The zero-order chi connectivity index (χ0) is 37.1. The fraction of sp³-hybridized carbons (Fsp3) is 0.0577. The highest BCUT2D eigenvalue weighted by atomic mass is 14.9. The summed E-state index contributed by atoms with van der Waals surface area (Å²) < 4.78 is 0. The summed E-state index contributed by atoms with van der Waals surface area (Å²) in [5.74, 6) is 0.708. The predicted molar refractivity (Wildman–Crippen MR) is 227 cm³/mol. The SMILES string of the molecule is CC1(C)c2cc3ccccc3cc2-c2c(-c3cc(-c4ccc5cc(-c6cccc(-c7ccc(C#N)cc7)c6)ccc5c4)nc(-c4ccccc4)n3)cccc21. The standard InChI is InChI=1S/C52H35N3/c1-52(2)46-17-9-16-44(50(46)45-29-38-12-6-7-13-39(38)30-47(45)52)49-31-48(54-51(55-49)35-10-4-3-5-11-35)43-25-24-41-27-40(22-23-42(41)28-43)37-15-8-14-36(26-37)34-20-18-33(32-53)19-21-34/h3-31H,1-2H3. The van der Waals surface area contributed by atoms with E-state index >= 15 is 0 Å². The summed E-state index contributed by atoms with van der Waals surface area (Å²) in [5.41, 5.74) is 15.2. The molecule has 0 amide bonds. The Kier molecular flexibility index (Phi) is 7.54. The summed E-state index contributed by atoms with van der Waals surface area (Å²) in [6.07, 6.45) is 0. The molecule has 0 atom stereocenters. The summed E-state index contributed by atoms with van der Waals surface area (Å²) in [6, 6.07) is 64.3. The fourth-order valence-electron chi connectivity index (χ4n) is 8.34. The van der Waals surface area contributed by atoms with Crippen molar-refractivity contribution in [2.45, 2.75) is 19.3 Å². The maximum Gasteiger partial charge on any atom is 0.160 e. The van der Waals surface area contributed by atoms with Gasteiger partial charge in [0.25, 0.3) is 0 Å². The lowest BCUT2D eigenvalue weighted by Gasteiger charge is -2.22. The van der Waals surface area contributed by atoms with Gasteiger partial charge < -0.3 is 0 Å². The van der Waals surface area contributed by atoms with Crippen LogP contribution in [0.3, 0.4) is 0 Å². The lowest BCUT2D eigenvalue weighted by atomic mass is 9.81. The third-order valence-electron chi connectivity index (χ3n) is 11.3. The largest absolute Gasteiger partial charge is 0.228 e. The smallest absolute Gasteiger partial charge is 0.160 e. The van der Waals surface area contributed by atoms with E-state index in [9.17, 15) is 5.26 Å². The Balaban J connectivity index is 1.08. The Bertz CT molecular complexity index is 3010. The van der Waals surface area contributed by atoms with Crippen LogP contribution < -0.4 is 0 Å². The molecule has 55 heavy (non-hydrogen) atoms. The second kappa shape index (κ2) is 12.8. The van der Waals surface area contributed by atoms with Gasteiger partial charge >= 0.3 is 0 Å². The number of hydrogen-bond acceptors (Lipinski definition) is 3. The van der Waals surface area contributed by atoms with Crippen LogP contribution in [0.5, 0.6) is 0 Å². The van der Waals surface area contributed by atoms with Crippen molar-refractivity contribution < 1.29 is 0 Å². The lowest BCUT2D eigenvalue weighted by molar-refractivity contribution is 0.661. The van der Waals surface area contributed by atoms with Gasteiger partial charge in [-0.3, -0.25) is 0 Å². The normalized spacial score (nSPS) is 12.7. The zero-order valence-corrected chi connectivity index (χ0v) is 30.6. The molecule has 1 heterocycles. The maximum atomic E-state index is 9.23. The van der Waals surface area contributed by atoms with Crippen LogP contribution in [0, 0.1) is 11.3 Å². The van der Waals surface area contributed by atoms with Gasteiger partial charge in [-0.05, 0) is 115 Å². The van der Waals surface area contributed by atoms with E-state index in [1.165, 1.54) is 33.0 Å². The highest BCUT2D eigenvalue weighted by Gasteiger charge is 2.37. The summed E-state index contributed by atoms with van der Waals surface area (Å²) in [6.45, 7) is 4.67. The molecule has 0 radical (unpaired) electrons. The molecule has 1 aliphatic carbocycles. The Morgan fingerprint density at radius 2 is 1.00 bits per heavy atom. The zero-order valence-electron chi connectivity index (χ0n) is 30.6. The summed E-state index contributed by atoms with van der Waals surface area (Å²) in [4.78, 5) is 10.5. The number of fused-ring (bicyclic) bond motifs is 5. The van der Waals surface area contributed by atoms with Gasteiger partial charge in [-0.2, -0.15) is 5.26 Å². The van der Waals surface area contributed by atoms with Crippen molar-refractivity contribution in [1.82, 2.24) is 9.97 Å². The van der Waals surface area contributed by atoms with Crippen molar-refractivity contribution in [3.63, 3.8) is 0 Å². The van der Waals surface area contributed by atoms with Gasteiger partial charge in [-0.15, -0.1) is 0 Å². The molecule has 0 unspecified atom stereocenters. The molecule has 258 valence electrons. The van der Waals surface area contributed by atoms with Gasteiger partial charge in [0.05, 0.1) is 23.0 Å². The Morgan fingerprint density at radius 3 is 1.76 bits per heavy atom. The molecular weight excluding hydrogens is 667 g/mol. The molecule has 10 rings (SSSR count). The molecule has 0 bridgehead atoms. The third kappa shape index (κ3) is 5.59. The quantitative estimate of drug-likeness (QED) is 0.179. The van der Waals surface area contributed by atoms with Crippen molar-refractivity contribution in [3.8, 4) is 73.4 Å². The minimum atomic E-state index is -0.148. The van der Waals surface area contributed by atoms with E-state index in [1.54, 1.807) is 0 Å². The highest BCUT2D eigenvalue weighted by Crippen LogP contribution is 2.53. The van der Waals surface area contributed by atoms with Crippen LogP contribution in [0.1, 0.15) is 30.5 Å². The summed E-state index contributed by atoms with van der Waals surface area (Å²) in [5, 5.41) is 14.0. The topological polar surface area (TPSA) is 49.6 Å². The molecule has 1 aromatic heterocycles. The second-order valence-electron chi connectivity index (χ2n) is 15.0. The number of hydrogen-bond donors (Lipinski definition) is 0. The van der Waals surface area contributed by atoms with Gasteiger partial charge in [-0.25, -0.2) is 9.97 Å². The average molecular weight is 702 g/mol. The fourth-order valence-corrected chi connectivity index (χ4v) is 8.34. The Morgan fingerprint density at radius 1 is 0.418 bits per heavy atom. The number of nitrogens with zero attached hydrogens (tertiary/aromatic N) is 3. The first-order valence-corrected chi connectivity index (χ1v) is 18.7. The van der Waals surface area contributed by atoms with Crippen molar-refractivity contribution in [2.24, 2.45) is 0 Å². The molecule has 0 aliphatic heterocycles. The minimum Gasteiger partial charge on any atom is -0.228 e. The molecule has 3 nitrogen and oxygen atoms in total. The maximum absolute atomic E-state index is 9.23. The Hall–Kier alpha value is -7.15. The molecule has 0 saturated heterocycles. The van der Waals surface area contributed by atoms with Crippen LogP contribution in [-0.4, -0.2) is 9.97 Å². The van der Waals surface area contributed by atoms with Crippen LogP contribution in [0.2, 0.25) is 0 Å². The molecule has 0 fully saturated rings. The molecule has 0 spiro atoms. The van der Waals surface area contributed by atoms with E-state index in [4.69, 9.17) is 9.97 Å². The van der Waals surface area contributed by atoms with Crippen LogP contribution in [-0.2, 0) is 5.41 Å². The lowest BCUT2D eigenvalue weighted by Crippen LogP contribution is -2.14. The van der Waals surface area contributed by atoms with E-state index in [2.05, 4.69) is 153 Å². The van der Waals surface area contributed by atoms with Gasteiger partial charge in [0, 0.05) is 22.1 Å². The molecule has 0 saturated carbocycles. The van der Waals surface area contributed by atoms with Crippen LogP contribution in [0.4, 0.5) is 0 Å². The molecular formula is C52H35N3. The number of nitriles is 1. The summed E-state index contributed by atoms with van der Waals surface area (Å²) in [7, 11) is 0. The van der Waals surface area contributed by atoms with E-state index in [0.717, 1.165) is 61.1 Å². The van der Waals surface area contributed by atoms with Crippen molar-refractivity contribution in [1.29, 1.82) is 5.26 Å². The molecule has 0 N–H and O–H groups in total. The van der Waals surface area contributed by atoms with Gasteiger partial charge in [0.2, 0.25) is 0 Å². The monoisotopic (exact) mass is 701 g/mol. The van der Waals surface area contributed by atoms with Crippen molar-refractivity contribution in [3.05, 3.63) is 193 Å². The first-order chi connectivity index (χ1) is 26.9. The molecule has 9 aromatic rings. The van der Waals surface area contributed by atoms with E-state index < -0.39 is 0 Å².